The Morgan fingerprint density at radius 2 is 1.84 bits per heavy atom. The maximum absolute atomic E-state index is 12.1. The number of anilines is 1. The molecule has 0 aliphatic heterocycles. The van der Waals surface area contributed by atoms with Gasteiger partial charge in [0.25, 0.3) is 0 Å². The van der Waals surface area contributed by atoms with E-state index in [0.717, 1.165) is 12.1 Å². The summed E-state index contributed by atoms with van der Waals surface area (Å²) in [6.07, 6.45) is 0.700. The van der Waals surface area contributed by atoms with Crippen LogP contribution in [0, 0.1) is 0 Å². The fraction of sp³-hybridized carbons (Fsp3) is 0.350. The Kier molecular flexibility index (Phi) is 6.83. The number of aliphatic hydroxyl groups is 1. The Labute approximate surface area is 148 Å². The molecule has 0 aliphatic rings. The van der Waals surface area contributed by atoms with E-state index in [1.165, 1.54) is 12.7 Å². The number of methoxy groups -OCH3 is 2. The zero-order valence-electron chi connectivity index (χ0n) is 14.9. The monoisotopic (exact) mass is 343 g/mol. The minimum Gasteiger partial charge on any atom is -0.497 e. The summed E-state index contributed by atoms with van der Waals surface area (Å²) in [7, 11) is 3.11. The van der Waals surface area contributed by atoms with Gasteiger partial charge in [0.15, 0.2) is 0 Å². The van der Waals surface area contributed by atoms with Crippen molar-refractivity contribution in [1.29, 1.82) is 0 Å². The van der Waals surface area contributed by atoms with Gasteiger partial charge in [0, 0.05) is 23.7 Å². The van der Waals surface area contributed by atoms with Gasteiger partial charge in [0.05, 0.1) is 20.3 Å². The highest BCUT2D eigenvalue weighted by Crippen LogP contribution is 2.31. The fourth-order valence-electron chi connectivity index (χ4n) is 2.56. The zero-order valence-corrected chi connectivity index (χ0v) is 14.9. The molecule has 0 aliphatic carbocycles. The number of carbonyl (C=O) groups excluding carboxylic acids is 1. The molecule has 0 fully saturated rings. The largest absolute Gasteiger partial charge is 0.497 e. The number of ether oxygens (including phenoxy) is 2. The maximum Gasteiger partial charge on any atom is 0.224 e. The second kappa shape index (κ2) is 9.08. The molecule has 0 spiro atoms. The van der Waals surface area contributed by atoms with E-state index in [0.29, 0.717) is 23.5 Å². The van der Waals surface area contributed by atoms with Crippen molar-refractivity contribution in [3.8, 4) is 11.5 Å². The summed E-state index contributed by atoms with van der Waals surface area (Å²) in [5, 5.41) is 13.2. The molecule has 1 atom stereocenters. The van der Waals surface area contributed by atoms with E-state index in [-0.39, 0.29) is 12.3 Å². The lowest BCUT2D eigenvalue weighted by molar-refractivity contribution is -0.116. The number of carbonyl (C=O) groups is 1. The van der Waals surface area contributed by atoms with Gasteiger partial charge in [-0.1, -0.05) is 19.1 Å². The van der Waals surface area contributed by atoms with Crippen molar-refractivity contribution in [2.45, 2.75) is 32.3 Å². The third-order valence-electron chi connectivity index (χ3n) is 4.09. The van der Waals surface area contributed by atoms with E-state index in [1.807, 2.05) is 24.3 Å². The molecule has 2 rings (SSSR count). The van der Waals surface area contributed by atoms with E-state index < -0.39 is 6.10 Å². The molecule has 0 heterocycles. The molecule has 2 N–H and O–H groups in total. The van der Waals surface area contributed by atoms with E-state index >= 15 is 0 Å². The van der Waals surface area contributed by atoms with E-state index in [1.54, 1.807) is 25.3 Å². The second-order valence-electron chi connectivity index (χ2n) is 5.76. The van der Waals surface area contributed by atoms with Crippen LogP contribution in [0.4, 0.5) is 5.69 Å². The number of hydrogen-bond donors (Lipinski definition) is 2. The molecular formula is C20H25NO4. The van der Waals surface area contributed by atoms with Crippen LogP contribution >= 0.6 is 0 Å². The first kappa shape index (κ1) is 18.8. The first-order valence-corrected chi connectivity index (χ1v) is 8.36. The normalized spacial score (nSPS) is 11.7. The number of aryl methyl sites for hydroxylation is 1. The summed E-state index contributed by atoms with van der Waals surface area (Å²) in [5.74, 6) is 1.07. The molecule has 5 nitrogen and oxygen atoms in total. The summed E-state index contributed by atoms with van der Waals surface area (Å²) in [6.45, 7) is 2.09. The van der Waals surface area contributed by atoms with Crippen LogP contribution in [0.1, 0.15) is 37.0 Å². The smallest absolute Gasteiger partial charge is 0.224 e. The van der Waals surface area contributed by atoms with E-state index in [2.05, 4.69) is 12.2 Å². The molecule has 2 aromatic carbocycles. The number of hydrogen-bond acceptors (Lipinski definition) is 4. The van der Waals surface area contributed by atoms with Crippen molar-refractivity contribution < 1.29 is 19.4 Å². The molecule has 2 aromatic rings. The van der Waals surface area contributed by atoms with Crippen molar-refractivity contribution in [3.63, 3.8) is 0 Å². The predicted molar refractivity (Wildman–Crippen MR) is 98.2 cm³/mol. The number of nitrogens with one attached hydrogen (secondary N) is 1. The van der Waals surface area contributed by atoms with Gasteiger partial charge in [-0.25, -0.2) is 0 Å². The van der Waals surface area contributed by atoms with Crippen LogP contribution in [0.25, 0.3) is 0 Å². The average molecular weight is 343 g/mol. The summed E-state index contributed by atoms with van der Waals surface area (Å²) in [5.41, 5.74) is 2.63. The summed E-state index contributed by atoms with van der Waals surface area (Å²) < 4.78 is 10.4. The molecule has 0 radical (unpaired) electrons. The van der Waals surface area contributed by atoms with Crippen molar-refractivity contribution in [3.05, 3.63) is 53.6 Å². The Morgan fingerprint density at radius 1 is 1.12 bits per heavy atom. The van der Waals surface area contributed by atoms with Crippen LogP contribution in [-0.2, 0) is 11.2 Å². The molecule has 0 aromatic heterocycles. The highest BCUT2D eigenvalue weighted by molar-refractivity contribution is 5.90. The second-order valence-corrected chi connectivity index (χ2v) is 5.76. The third-order valence-corrected chi connectivity index (χ3v) is 4.09. The molecule has 5 heteroatoms. The molecule has 0 saturated carbocycles. The van der Waals surface area contributed by atoms with Crippen LogP contribution in [0.5, 0.6) is 11.5 Å². The standard InChI is InChI=1S/C20H25NO4/c1-4-14-5-7-15(8-6-14)21-20(23)12-11-18(22)17-10-9-16(24-2)13-19(17)25-3/h5-10,13,18,22H,4,11-12H2,1-3H3,(H,21,23). The molecule has 25 heavy (non-hydrogen) atoms. The molecule has 0 saturated heterocycles. The number of aliphatic hydroxyl groups excluding tert-OH is 1. The molecule has 134 valence electrons. The van der Waals surface area contributed by atoms with Gasteiger partial charge in [-0.15, -0.1) is 0 Å². The van der Waals surface area contributed by atoms with Crippen molar-refractivity contribution in [2.75, 3.05) is 19.5 Å². The quantitative estimate of drug-likeness (QED) is 0.766. The maximum atomic E-state index is 12.1. The Hall–Kier alpha value is -2.53. The number of rotatable bonds is 8. The van der Waals surface area contributed by atoms with Gasteiger partial charge in [0.2, 0.25) is 5.91 Å². The lowest BCUT2D eigenvalue weighted by atomic mass is 10.0. The van der Waals surface area contributed by atoms with Gasteiger partial charge in [-0.3, -0.25) is 4.79 Å². The lowest BCUT2D eigenvalue weighted by Crippen LogP contribution is -2.13. The van der Waals surface area contributed by atoms with Crippen LogP contribution in [0.3, 0.4) is 0 Å². The van der Waals surface area contributed by atoms with Gasteiger partial charge >= 0.3 is 0 Å². The van der Waals surface area contributed by atoms with Crippen molar-refractivity contribution in [2.24, 2.45) is 0 Å². The summed E-state index contributed by atoms with van der Waals surface area (Å²) in [4.78, 5) is 12.1. The van der Waals surface area contributed by atoms with Gasteiger partial charge in [-0.2, -0.15) is 0 Å². The van der Waals surface area contributed by atoms with Crippen LogP contribution in [0.2, 0.25) is 0 Å². The lowest BCUT2D eigenvalue weighted by Gasteiger charge is -2.15. The Morgan fingerprint density at radius 3 is 2.44 bits per heavy atom. The van der Waals surface area contributed by atoms with Crippen LogP contribution in [0.15, 0.2) is 42.5 Å². The zero-order chi connectivity index (χ0) is 18.2. The van der Waals surface area contributed by atoms with Crippen LogP contribution < -0.4 is 14.8 Å². The average Bonchev–Trinajstić information content (AvgIpc) is 2.66. The SMILES string of the molecule is CCc1ccc(NC(=O)CCC(O)c2ccc(OC)cc2OC)cc1. The minimum absolute atomic E-state index is 0.129. The first-order chi connectivity index (χ1) is 12.1. The predicted octanol–water partition coefficient (Wildman–Crippen LogP) is 3.72. The molecular weight excluding hydrogens is 318 g/mol. The minimum atomic E-state index is -0.783. The first-order valence-electron chi connectivity index (χ1n) is 8.36. The van der Waals surface area contributed by atoms with E-state index in [9.17, 15) is 9.90 Å². The Bertz CT molecular complexity index is 697. The third kappa shape index (κ3) is 5.22. The molecule has 0 bridgehead atoms. The molecule has 1 amide bonds. The van der Waals surface area contributed by atoms with Gasteiger partial charge in [-0.05, 0) is 42.7 Å². The van der Waals surface area contributed by atoms with E-state index in [4.69, 9.17) is 9.47 Å². The highest BCUT2D eigenvalue weighted by atomic mass is 16.5. The van der Waals surface area contributed by atoms with Crippen molar-refractivity contribution >= 4 is 11.6 Å². The topological polar surface area (TPSA) is 67.8 Å². The molecule has 1 unspecified atom stereocenters. The van der Waals surface area contributed by atoms with Crippen molar-refractivity contribution in [1.82, 2.24) is 0 Å². The summed E-state index contributed by atoms with van der Waals surface area (Å²) >= 11 is 0. The summed E-state index contributed by atoms with van der Waals surface area (Å²) in [6, 6.07) is 13.0. The van der Waals surface area contributed by atoms with Gasteiger partial charge < -0.3 is 19.9 Å². The highest BCUT2D eigenvalue weighted by Gasteiger charge is 2.16. The number of benzene rings is 2. The Balaban J connectivity index is 1.92. The fourth-order valence-corrected chi connectivity index (χ4v) is 2.56. The number of amides is 1. The van der Waals surface area contributed by atoms with Gasteiger partial charge in [0.1, 0.15) is 11.5 Å². The van der Waals surface area contributed by atoms with Crippen LogP contribution in [-0.4, -0.2) is 25.2 Å².